The summed E-state index contributed by atoms with van der Waals surface area (Å²) in [4.78, 5) is 12.7. The van der Waals surface area contributed by atoms with Crippen LogP contribution in [0.4, 0.5) is 0 Å². The minimum Gasteiger partial charge on any atom is -0.484 e. The number of hydrogen-bond acceptors (Lipinski definition) is 6. The molecule has 0 saturated carbocycles. The van der Waals surface area contributed by atoms with Crippen molar-refractivity contribution in [3.63, 3.8) is 0 Å². The molecule has 0 aliphatic heterocycles. The van der Waals surface area contributed by atoms with Crippen LogP contribution < -0.4 is 4.74 Å². The quantitative estimate of drug-likeness (QED) is 0.563. The molecule has 24 heavy (non-hydrogen) atoms. The maximum absolute atomic E-state index is 5.59. The average Bonchev–Trinajstić information content (AvgIpc) is 3.33. The predicted octanol–water partition coefficient (Wildman–Crippen LogP) is 2.90. The summed E-state index contributed by atoms with van der Waals surface area (Å²) in [5.41, 5.74) is 0.772. The van der Waals surface area contributed by atoms with E-state index in [1.807, 2.05) is 53.2 Å². The smallest absolute Gasteiger partial charge is 0.264 e. The molecular weight excluding hydrogens is 306 g/mol. The number of para-hydroxylation sites is 1. The number of rotatable bonds is 5. The van der Waals surface area contributed by atoms with Crippen LogP contribution in [0.2, 0.25) is 0 Å². The molecular formula is C17H13N5O2. The fourth-order valence-electron chi connectivity index (χ4n) is 2.16. The molecule has 0 fully saturated rings. The molecule has 0 amide bonds. The molecule has 118 valence electrons. The van der Waals surface area contributed by atoms with Crippen LogP contribution in [0.5, 0.6) is 5.75 Å². The monoisotopic (exact) mass is 319 g/mol. The van der Waals surface area contributed by atoms with Gasteiger partial charge < -0.3 is 9.26 Å². The van der Waals surface area contributed by atoms with E-state index in [1.165, 1.54) is 0 Å². The number of nitrogens with zero attached hydrogens (tertiary/aromatic N) is 5. The lowest BCUT2D eigenvalue weighted by molar-refractivity contribution is 0.243. The third kappa shape index (κ3) is 3.00. The minimum atomic E-state index is 0.220. The molecule has 0 bridgehead atoms. The van der Waals surface area contributed by atoms with Gasteiger partial charge in [0.1, 0.15) is 17.9 Å². The Hall–Kier alpha value is -3.48. The van der Waals surface area contributed by atoms with Crippen LogP contribution in [0.25, 0.3) is 17.2 Å². The van der Waals surface area contributed by atoms with E-state index in [1.54, 1.807) is 18.7 Å². The highest BCUT2D eigenvalue weighted by molar-refractivity contribution is 5.53. The van der Waals surface area contributed by atoms with Gasteiger partial charge in [-0.15, -0.1) is 0 Å². The van der Waals surface area contributed by atoms with E-state index in [2.05, 4.69) is 20.1 Å². The molecule has 1 aromatic carbocycles. The molecule has 7 heteroatoms. The Balaban J connectivity index is 1.46. The first kappa shape index (κ1) is 14.1. The van der Waals surface area contributed by atoms with Crippen LogP contribution in [-0.2, 0) is 6.61 Å². The third-order valence-electron chi connectivity index (χ3n) is 3.35. The Morgan fingerprint density at radius 1 is 1.08 bits per heavy atom. The highest BCUT2D eigenvalue weighted by atomic mass is 16.5. The highest BCUT2D eigenvalue weighted by Gasteiger charge is 2.10. The van der Waals surface area contributed by atoms with Gasteiger partial charge in [0.15, 0.2) is 6.61 Å². The molecule has 0 saturated heterocycles. The van der Waals surface area contributed by atoms with E-state index < -0.39 is 0 Å². The zero-order valence-corrected chi connectivity index (χ0v) is 12.6. The van der Waals surface area contributed by atoms with Crippen LogP contribution in [-0.4, -0.2) is 24.7 Å². The zero-order valence-electron chi connectivity index (χ0n) is 12.6. The molecule has 0 aliphatic rings. The average molecular weight is 319 g/mol. The first-order chi connectivity index (χ1) is 11.9. The van der Waals surface area contributed by atoms with Crippen molar-refractivity contribution >= 4 is 0 Å². The molecule has 0 spiro atoms. The van der Waals surface area contributed by atoms with E-state index in [0.717, 1.165) is 17.1 Å². The fraction of sp³-hybridized carbons (Fsp3) is 0.0588. The number of benzene rings is 1. The Morgan fingerprint density at radius 2 is 2.00 bits per heavy atom. The summed E-state index contributed by atoms with van der Waals surface area (Å²) in [6.45, 7) is 0.220. The van der Waals surface area contributed by atoms with Gasteiger partial charge in [-0.1, -0.05) is 23.4 Å². The minimum absolute atomic E-state index is 0.220. The van der Waals surface area contributed by atoms with Crippen molar-refractivity contribution in [2.45, 2.75) is 6.61 Å². The molecule has 4 rings (SSSR count). The maximum Gasteiger partial charge on any atom is 0.264 e. The van der Waals surface area contributed by atoms with Gasteiger partial charge in [0.2, 0.25) is 5.82 Å². The largest absolute Gasteiger partial charge is 0.484 e. The first-order valence-electron chi connectivity index (χ1n) is 7.34. The summed E-state index contributed by atoms with van der Waals surface area (Å²) in [6, 6.07) is 13.2. The summed E-state index contributed by atoms with van der Waals surface area (Å²) in [7, 11) is 0. The van der Waals surface area contributed by atoms with Gasteiger partial charge in [-0.05, 0) is 24.3 Å². The summed E-state index contributed by atoms with van der Waals surface area (Å²) in [6.07, 6.45) is 6.92. The van der Waals surface area contributed by atoms with Crippen molar-refractivity contribution < 1.29 is 9.26 Å². The molecule has 3 heterocycles. The molecule has 4 aromatic rings. The number of hydrogen-bond donors (Lipinski definition) is 0. The molecule has 0 unspecified atom stereocenters. The topological polar surface area (TPSA) is 78.9 Å². The van der Waals surface area contributed by atoms with Crippen LogP contribution in [0.15, 0.2) is 71.9 Å². The lowest BCUT2D eigenvalue weighted by atomic mass is 10.2. The van der Waals surface area contributed by atoms with Crippen LogP contribution in [0.1, 0.15) is 5.89 Å². The Kier molecular flexibility index (Phi) is 3.73. The lowest BCUT2D eigenvalue weighted by Crippen LogP contribution is -1.96. The molecule has 0 atom stereocenters. The predicted molar refractivity (Wildman–Crippen MR) is 85.4 cm³/mol. The van der Waals surface area contributed by atoms with Crippen molar-refractivity contribution in [2.24, 2.45) is 0 Å². The highest BCUT2D eigenvalue weighted by Crippen LogP contribution is 2.17. The van der Waals surface area contributed by atoms with Crippen molar-refractivity contribution in [3.05, 3.63) is 73.3 Å². The van der Waals surface area contributed by atoms with Crippen LogP contribution in [0, 0.1) is 0 Å². The van der Waals surface area contributed by atoms with E-state index in [0.29, 0.717) is 11.7 Å². The Bertz CT molecular complexity index is 902. The fourth-order valence-corrected chi connectivity index (χ4v) is 2.16. The number of pyridine rings is 1. The summed E-state index contributed by atoms with van der Waals surface area (Å²) < 4.78 is 12.6. The van der Waals surface area contributed by atoms with Crippen molar-refractivity contribution in [1.82, 2.24) is 24.7 Å². The van der Waals surface area contributed by atoms with Crippen molar-refractivity contribution in [1.29, 1.82) is 0 Å². The van der Waals surface area contributed by atoms with Gasteiger partial charge in [-0.25, -0.2) is 9.97 Å². The van der Waals surface area contributed by atoms with E-state index in [9.17, 15) is 0 Å². The van der Waals surface area contributed by atoms with E-state index >= 15 is 0 Å². The van der Waals surface area contributed by atoms with Gasteiger partial charge in [-0.2, -0.15) is 4.98 Å². The summed E-state index contributed by atoms with van der Waals surface area (Å²) in [5, 5.41) is 3.97. The normalized spacial score (nSPS) is 10.7. The van der Waals surface area contributed by atoms with Gasteiger partial charge in [0, 0.05) is 24.2 Å². The Morgan fingerprint density at radius 3 is 2.75 bits per heavy atom. The second-order valence-electron chi connectivity index (χ2n) is 4.99. The van der Waals surface area contributed by atoms with Gasteiger partial charge in [-0.3, -0.25) is 4.57 Å². The molecule has 0 N–H and O–H groups in total. The molecule has 7 nitrogen and oxygen atoms in total. The number of imidazole rings is 1. The Labute approximate surface area is 137 Å². The van der Waals surface area contributed by atoms with Gasteiger partial charge in [0.25, 0.3) is 5.89 Å². The summed E-state index contributed by atoms with van der Waals surface area (Å²) in [5.74, 6) is 2.41. The van der Waals surface area contributed by atoms with E-state index in [-0.39, 0.29) is 6.61 Å². The standard InChI is InChI=1S/C17H13N5O2/c1-2-4-14(5-3-1)23-11-16-20-17(21-24-16)13-6-7-15(19-10-13)22-9-8-18-12-22/h1-10,12H,11H2. The SMILES string of the molecule is c1ccc(OCc2nc(-c3ccc(-n4ccnc4)nc3)no2)cc1. The van der Waals surface area contributed by atoms with Crippen molar-refractivity contribution in [2.75, 3.05) is 0 Å². The third-order valence-corrected chi connectivity index (χ3v) is 3.35. The molecule has 3 aromatic heterocycles. The van der Waals surface area contributed by atoms with Crippen LogP contribution in [0.3, 0.4) is 0 Å². The van der Waals surface area contributed by atoms with E-state index in [4.69, 9.17) is 9.26 Å². The molecule has 0 aliphatic carbocycles. The van der Waals surface area contributed by atoms with Gasteiger partial charge in [0.05, 0.1) is 0 Å². The molecule has 0 radical (unpaired) electrons. The second-order valence-corrected chi connectivity index (χ2v) is 4.99. The zero-order chi connectivity index (χ0) is 16.2. The summed E-state index contributed by atoms with van der Waals surface area (Å²) >= 11 is 0. The van der Waals surface area contributed by atoms with Gasteiger partial charge >= 0.3 is 0 Å². The second kappa shape index (κ2) is 6.33. The van der Waals surface area contributed by atoms with Crippen molar-refractivity contribution in [3.8, 4) is 23.0 Å². The first-order valence-corrected chi connectivity index (χ1v) is 7.34. The van der Waals surface area contributed by atoms with Crippen LogP contribution >= 0.6 is 0 Å². The number of aromatic nitrogens is 5. The maximum atomic E-state index is 5.59. The lowest BCUT2D eigenvalue weighted by Gasteiger charge is -2.01. The number of ether oxygens (including phenoxy) is 1.